The van der Waals surface area contributed by atoms with Crippen LogP contribution in [-0.2, 0) is 0 Å². The molecule has 64 valence electrons. The van der Waals surface area contributed by atoms with Gasteiger partial charge in [0.05, 0.1) is 0 Å². The molecule has 0 spiro atoms. The summed E-state index contributed by atoms with van der Waals surface area (Å²) in [5.41, 5.74) is 3.84. The fourth-order valence-electron chi connectivity index (χ4n) is 1.97. The quantitative estimate of drug-likeness (QED) is 0.382. The number of halogens is 1. The molecule has 0 heterocycles. The van der Waals surface area contributed by atoms with Crippen LogP contribution in [0.1, 0.15) is 40.0 Å². The minimum atomic E-state index is 0.490. The zero-order valence-corrected chi connectivity index (χ0v) is 9.86. The molecule has 0 bridgehead atoms. The number of alkyl halides is 1. The van der Waals surface area contributed by atoms with Crippen molar-refractivity contribution in [3.63, 3.8) is 0 Å². The SMILES string of the molecule is CC1=C(CI)C(C)(C)CCC1. The maximum absolute atomic E-state index is 2.49. The van der Waals surface area contributed by atoms with Crippen molar-refractivity contribution in [1.82, 2.24) is 0 Å². The molecule has 0 saturated heterocycles. The molecule has 0 nitrogen and oxygen atoms in total. The molecule has 0 aromatic heterocycles. The summed E-state index contributed by atoms with van der Waals surface area (Å²) in [4.78, 5) is 0. The van der Waals surface area contributed by atoms with Crippen LogP contribution in [0.5, 0.6) is 0 Å². The summed E-state index contributed by atoms with van der Waals surface area (Å²) in [7, 11) is 0. The Bertz CT molecular complexity index is 177. The van der Waals surface area contributed by atoms with Gasteiger partial charge in [-0.1, -0.05) is 47.6 Å². The van der Waals surface area contributed by atoms with E-state index in [-0.39, 0.29) is 0 Å². The fraction of sp³-hybridized carbons (Fsp3) is 0.800. The molecule has 1 heteroatoms. The van der Waals surface area contributed by atoms with Gasteiger partial charge < -0.3 is 0 Å². The molecular weight excluding hydrogens is 247 g/mol. The maximum atomic E-state index is 2.49. The Morgan fingerprint density at radius 3 is 2.45 bits per heavy atom. The zero-order valence-electron chi connectivity index (χ0n) is 7.71. The Hall–Kier alpha value is 0.470. The third-order valence-corrected chi connectivity index (χ3v) is 3.58. The predicted octanol–water partition coefficient (Wildman–Crippen LogP) is 3.95. The average Bonchev–Trinajstić information content (AvgIpc) is 1.86. The van der Waals surface area contributed by atoms with E-state index in [4.69, 9.17) is 0 Å². The van der Waals surface area contributed by atoms with Crippen molar-refractivity contribution < 1.29 is 0 Å². The molecule has 0 atom stereocenters. The van der Waals surface area contributed by atoms with Gasteiger partial charge in [-0.05, 0) is 31.6 Å². The highest BCUT2D eigenvalue weighted by Crippen LogP contribution is 2.40. The molecule has 0 saturated carbocycles. The van der Waals surface area contributed by atoms with Crippen molar-refractivity contribution in [3.8, 4) is 0 Å². The monoisotopic (exact) mass is 264 g/mol. The third kappa shape index (κ3) is 1.98. The topological polar surface area (TPSA) is 0 Å². The largest absolute Gasteiger partial charge is 0.0815 e. The second kappa shape index (κ2) is 3.46. The van der Waals surface area contributed by atoms with Gasteiger partial charge in [0.25, 0.3) is 0 Å². The van der Waals surface area contributed by atoms with Crippen molar-refractivity contribution in [2.75, 3.05) is 4.43 Å². The normalized spacial score (nSPS) is 24.0. The van der Waals surface area contributed by atoms with Crippen LogP contribution in [0.3, 0.4) is 0 Å². The van der Waals surface area contributed by atoms with Crippen molar-refractivity contribution in [2.45, 2.75) is 40.0 Å². The predicted molar refractivity (Wildman–Crippen MR) is 59.2 cm³/mol. The molecule has 0 unspecified atom stereocenters. The Labute approximate surface area is 83.6 Å². The molecule has 0 N–H and O–H groups in total. The molecule has 1 rings (SSSR count). The molecule has 0 aliphatic heterocycles. The Kier molecular flexibility index (Phi) is 3.01. The van der Waals surface area contributed by atoms with Crippen molar-refractivity contribution in [2.24, 2.45) is 5.41 Å². The van der Waals surface area contributed by atoms with Crippen LogP contribution >= 0.6 is 22.6 Å². The summed E-state index contributed by atoms with van der Waals surface area (Å²) in [5.74, 6) is 0. The summed E-state index contributed by atoms with van der Waals surface area (Å²) >= 11 is 2.49. The van der Waals surface area contributed by atoms with E-state index in [0.717, 1.165) is 0 Å². The Morgan fingerprint density at radius 1 is 1.45 bits per heavy atom. The molecule has 1 aliphatic carbocycles. The maximum Gasteiger partial charge on any atom is 0.0213 e. The van der Waals surface area contributed by atoms with Crippen molar-refractivity contribution >= 4 is 22.6 Å². The summed E-state index contributed by atoms with van der Waals surface area (Å²) in [6, 6.07) is 0. The van der Waals surface area contributed by atoms with E-state index in [9.17, 15) is 0 Å². The van der Waals surface area contributed by atoms with Gasteiger partial charge in [0.2, 0.25) is 0 Å². The number of hydrogen-bond acceptors (Lipinski definition) is 0. The lowest BCUT2D eigenvalue weighted by Crippen LogP contribution is -2.21. The molecule has 0 amide bonds. The molecule has 0 aromatic rings. The van der Waals surface area contributed by atoms with Crippen molar-refractivity contribution in [3.05, 3.63) is 11.1 Å². The summed E-state index contributed by atoms with van der Waals surface area (Å²) in [6.45, 7) is 7.06. The number of allylic oxidation sites excluding steroid dienone is 2. The number of hydrogen-bond donors (Lipinski definition) is 0. The summed E-state index contributed by atoms with van der Waals surface area (Å²) < 4.78 is 1.22. The standard InChI is InChI=1S/C10H17I/c1-8-5-4-6-10(2,3)9(8)7-11/h4-7H2,1-3H3. The van der Waals surface area contributed by atoms with Crippen LogP contribution in [0.4, 0.5) is 0 Å². The van der Waals surface area contributed by atoms with Gasteiger partial charge in [-0.2, -0.15) is 0 Å². The second-order valence-electron chi connectivity index (χ2n) is 4.13. The van der Waals surface area contributed by atoms with E-state index in [1.54, 1.807) is 11.1 Å². The van der Waals surface area contributed by atoms with Crippen LogP contribution in [0, 0.1) is 5.41 Å². The highest BCUT2D eigenvalue weighted by molar-refractivity contribution is 14.1. The minimum absolute atomic E-state index is 0.490. The third-order valence-electron chi connectivity index (χ3n) is 2.82. The van der Waals surface area contributed by atoms with Gasteiger partial charge in [-0.25, -0.2) is 0 Å². The van der Waals surface area contributed by atoms with Crippen LogP contribution in [0.25, 0.3) is 0 Å². The average molecular weight is 264 g/mol. The van der Waals surface area contributed by atoms with Gasteiger partial charge in [0.15, 0.2) is 0 Å². The van der Waals surface area contributed by atoms with Crippen LogP contribution in [-0.4, -0.2) is 4.43 Å². The Morgan fingerprint density at radius 2 is 2.09 bits per heavy atom. The van der Waals surface area contributed by atoms with Gasteiger partial charge in [0, 0.05) is 4.43 Å². The van der Waals surface area contributed by atoms with E-state index < -0.39 is 0 Å². The molecule has 11 heavy (non-hydrogen) atoms. The van der Waals surface area contributed by atoms with Gasteiger partial charge in [0.1, 0.15) is 0 Å². The fourth-order valence-corrected chi connectivity index (χ4v) is 3.65. The first-order chi connectivity index (χ1) is 5.08. The molecule has 0 fully saturated rings. The van der Waals surface area contributed by atoms with E-state index in [2.05, 4.69) is 43.4 Å². The molecule has 0 radical (unpaired) electrons. The van der Waals surface area contributed by atoms with Gasteiger partial charge in [-0.3, -0.25) is 0 Å². The van der Waals surface area contributed by atoms with E-state index in [1.165, 1.54) is 23.7 Å². The lowest BCUT2D eigenvalue weighted by Gasteiger charge is -2.33. The number of rotatable bonds is 1. The molecule has 1 aliphatic rings. The van der Waals surface area contributed by atoms with Crippen LogP contribution < -0.4 is 0 Å². The molecular formula is C10H17I. The van der Waals surface area contributed by atoms with Crippen molar-refractivity contribution in [1.29, 1.82) is 0 Å². The smallest absolute Gasteiger partial charge is 0.0213 e. The van der Waals surface area contributed by atoms with Gasteiger partial charge >= 0.3 is 0 Å². The zero-order chi connectivity index (χ0) is 8.48. The van der Waals surface area contributed by atoms with E-state index in [0.29, 0.717) is 5.41 Å². The highest BCUT2D eigenvalue weighted by Gasteiger charge is 2.26. The van der Waals surface area contributed by atoms with Gasteiger partial charge in [-0.15, -0.1) is 0 Å². The first kappa shape index (κ1) is 9.56. The lowest BCUT2D eigenvalue weighted by molar-refractivity contribution is 0.370. The molecule has 0 aromatic carbocycles. The van der Waals surface area contributed by atoms with Crippen LogP contribution in [0.15, 0.2) is 11.1 Å². The minimum Gasteiger partial charge on any atom is -0.0815 e. The first-order valence-electron chi connectivity index (χ1n) is 4.33. The highest BCUT2D eigenvalue weighted by atomic mass is 127. The van der Waals surface area contributed by atoms with Crippen LogP contribution in [0.2, 0.25) is 0 Å². The van der Waals surface area contributed by atoms with E-state index >= 15 is 0 Å². The Balaban J connectivity index is 2.92. The summed E-state index contributed by atoms with van der Waals surface area (Å²) in [6.07, 6.45) is 4.10. The first-order valence-corrected chi connectivity index (χ1v) is 5.85. The lowest BCUT2D eigenvalue weighted by atomic mass is 9.74. The summed E-state index contributed by atoms with van der Waals surface area (Å²) in [5, 5.41) is 0. The second-order valence-corrected chi connectivity index (χ2v) is 4.89. The van der Waals surface area contributed by atoms with E-state index in [1.807, 2.05) is 0 Å².